The molecule has 2 aliphatic heterocycles. The molecule has 0 radical (unpaired) electrons. The minimum atomic E-state index is -0.243. The molecule has 0 amide bonds. The van der Waals surface area contributed by atoms with Crippen LogP contribution < -0.4 is 4.74 Å². The maximum Gasteiger partial charge on any atom is 0.141 e. The predicted molar refractivity (Wildman–Crippen MR) is 141 cm³/mol. The van der Waals surface area contributed by atoms with Gasteiger partial charge in [0.15, 0.2) is 0 Å². The number of hydrogen-bond acceptors (Lipinski definition) is 7. The van der Waals surface area contributed by atoms with Crippen LogP contribution >= 0.6 is 0 Å². The first-order chi connectivity index (χ1) is 18.6. The fraction of sp³-hybridized carbons (Fsp3) is 0.429. The third-order valence-corrected chi connectivity index (χ3v) is 7.52. The van der Waals surface area contributed by atoms with Crippen molar-refractivity contribution < 1.29 is 9.13 Å². The van der Waals surface area contributed by atoms with Gasteiger partial charge in [0.25, 0.3) is 0 Å². The lowest BCUT2D eigenvalue weighted by Crippen LogP contribution is -2.41. The van der Waals surface area contributed by atoms with Gasteiger partial charge in [-0.3, -0.25) is 9.58 Å². The van der Waals surface area contributed by atoms with E-state index in [2.05, 4.69) is 35.9 Å². The lowest BCUT2D eigenvalue weighted by atomic mass is 10.1. The maximum absolute atomic E-state index is 14.2. The number of nitrogens with zero attached hydrogens (tertiary/aromatic N) is 7. The number of ether oxygens (including phenoxy) is 1. The minimum absolute atomic E-state index is 0.0529. The zero-order valence-electron chi connectivity index (χ0n) is 21.3. The average Bonchev–Trinajstić information content (AvgIpc) is 3.57. The topological polar surface area (TPSA) is 98.9 Å². The van der Waals surface area contributed by atoms with Crippen molar-refractivity contribution in [1.82, 2.24) is 34.5 Å². The highest BCUT2D eigenvalue weighted by atomic mass is 19.1. The molecule has 4 aromatic rings. The number of fused-ring (bicyclic) bond motifs is 1. The second-order valence-electron chi connectivity index (χ2n) is 10.2. The molecule has 9 nitrogen and oxygen atoms in total. The SMILES string of the molecule is N#CCC(CN1CCC(Oc2cc(F)cc(CN3CCC3)c2)CC1)n1cc(-c2ncnc3[nH]ccc23)cn1. The summed E-state index contributed by atoms with van der Waals surface area (Å²) >= 11 is 0. The van der Waals surface area contributed by atoms with Crippen molar-refractivity contribution in [1.29, 1.82) is 5.26 Å². The first kappa shape index (κ1) is 24.5. The molecular formula is C28H31FN8O. The number of rotatable bonds is 9. The predicted octanol–water partition coefficient (Wildman–Crippen LogP) is 4.16. The van der Waals surface area contributed by atoms with Crippen LogP contribution in [0.4, 0.5) is 4.39 Å². The Morgan fingerprint density at radius 1 is 1.13 bits per heavy atom. The number of H-pyrrole nitrogens is 1. The van der Waals surface area contributed by atoms with Gasteiger partial charge in [0, 0.05) is 55.6 Å². The van der Waals surface area contributed by atoms with Gasteiger partial charge >= 0.3 is 0 Å². The number of aromatic amines is 1. The molecule has 0 saturated carbocycles. The molecule has 196 valence electrons. The monoisotopic (exact) mass is 514 g/mol. The highest BCUT2D eigenvalue weighted by Crippen LogP contribution is 2.27. The lowest BCUT2D eigenvalue weighted by molar-refractivity contribution is 0.0907. The first-order valence-electron chi connectivity index (χ1n) is 13.2. The summed E-state index contributed by atoms with van der Waals surface area (Å²) in [4.78, 5) is 16.5. The third-order valence-electron chi connectivity index (χ3n) is 7.52. The smallest absolute Gasteiger partial charge is 0.141 e. The molecule has 0 bridgehead atoms. The van der Waals surface area contributed by atoms with Gasteiger partial charge < -0.3 is 14.6 Å². The summed E-state index contributed by atoms with van der Waals surface area (Å²) < 4.78 is 22.3. The molecule has 0 spiro atoms. The second kappa shape index (κ2) is 10.9. The van der Waals surface area contributed by atoms with Crippen molar-refractivity contribution >= 4 is 11.0 Å². The van der Waals surface area contributed by atoms with Crippen LogP contribution in [0.25, 0.3) is 22.3 Å². The quantitative estimate of drug-likeness (QED) is 0.358. The molecule has 1 atom stereocenters. The van der Waals surface area contributed by atoms with Crippen LogP contribution in [0.3, 0.4) is 0 Å². The summed E-state index contributed by atoms with van der Waals surface area (Å²) in [7, 11) is 0. The van der Waals surface area contributed by atoms with Crippen molar-refractivity contribution in [2.45, 2.75) is 44.4 Å². The highest BCUT2D eigenvalue weighted by Gasteiger charge is 2.25. The van der Waals surface area contributed by atoms with E-state index in [-0.39, 0.29) is 18.0 Å². The van der Waals surface area contributed by atoms with E-state index in [0.29, 0.717) is 12.2 Å². The summed E-state index contributed by atoms with van der Waals surface area (Å²) in [5, 5.41) is 15.0. The van der Waals surface area contributed by atoms with Crippen LogP contribution in [0.2, 0.25) is 0 Å². The van der Waals surface area contributed by atoms with E-state index < -0.39 is 0 Å². The number of nitrogens with one attached hydrogen (secondary N) is 1. The van der Waals surface area contributed by atoms with Crippen molar-refractivity contribution in [2.75, 3.05) is 32.7 Å². The Kier molecular flexibility index (Phi) is 7.03. The van der Waals surface area contributed by atoms with Crippen molar-refractivity contribution in [3.05, 3.63) is 60.6 Å². The average molecular weight is 515 g/mol. The zero-order chi connectivity index (χ0) is 25.9. The van der Waals surface area contributed by atoms with Gasteiger partial charge in [-0.25, -0.2) is 14.4 Å². The van der Waals surface area contributed by atoms with Crippen LogP contribution in [0.5, 0.6) is 5.75 Å². The molecule has 2 aliphatic rings. The standard InChI is InChI=1S/C28H31FN8O/c29-22-12-20(16-35-8-1-9-35)13-25(14-22)38-24-4-10-36(11-5-24)18-23(2-6-30)37-17-21(15-34-37)27-26-3-7-31-28(26)33-19-32-27/h3,7,12-15,17,19,23-24H,1-2,4-5,8-11,16,18H2,(H,31,32,33). The zero-order valence-corrected chi connectivity index (χ0v) is 21.3. The Morgan fingerprint density at radius 2 is 2.00 bits per heavy atom. The van der Waals surface area contributed by atoms with E-state index in [0.717, 1.165) is 80.0 Å². The van der Waals surface area contributed by atoms with Crippen molar-refractivity contribution in [3.63, 3.8) is 0 Å². The van der Waals surface area contributed by atoms with Gasteiger partial charge in [0.05, 0.1) is 30.4 Å². The summed E-state index contributed by atoms with van der Waals surface area (Å²) in [6.45, 7) is 5.36. The fourth-order valence-electron chi connectivity index (χ4n) is 5.39. The molecule has 2 saturated heterocycles. The van der Waals surface area contributed by atoms with Crippen LogP contribution in [-0.4, -0.2) is 73.4 Å². The molecule has 1 unspecified atom stereocenters. The molecule has 1 N–H and O–H groups in total. The summed E-state index contributed by atoms with van der Waals surface area (Å²) in [5.41, 5.74) is 3.47. The molecule has 38 heavy (non-hydrogen) atoms. The summed E-state index contributed by atoms with van der Waals surface area (Å²) in [6, 6.07) is 9.28. The van der Waals surface area contributed by atoms with E-state index >= 15 is 0 Å². The number of hydrogen-bond donors (Lipinski definition) is 1. The van der Waals surface area contributed by atoms with Crippen molar-refractivity contribution in [2.24, 2.45) is 0 Å². The van der Waals surface area contributed by atoms with Crippen LogP contribution in [0.1, 0.15) is 37.3 Å². The van der Waals surface area contributed by atoms with Gasteiger partial charge in [-0.1, -0.05) is 0 Å². The van der Waals surface area contributed by atoms with E-state index in [9.17, 15) is 9.65 Å². The van der Waals surface area contributed by atoms with Crippen LogP contribution in [-0.2, 0) is 6.54 Å². The first-order valence-corrected chi connectivity index (χ1v) is 13.2. The number of piperidine rings is 1. The Balaban J connectivity index is 1.07. The number of benzene rings is 1. The molecule has 6 rings (SSSR count). The van der Waals surface area contributed by atoms with Gasteiger partial charge in [0.2, 0.25) is 0 Å². The molecule has 0 aliphatic carbocycles. The summed E-state index contributed by atoms with van der Waals surface area (Å²) in [5.74, 6) is 0.374. The largest absolute Gasteiger partial charge is 0.490 e. The van der Waals surface area contributed by atoms with Gasteiger partial charge in [-0.2, -0.15) is 10.4 Å². The van der Waals surface area contributed by atoms with Gasteiger partial charge in [0.1, 0.15) is 29.6 Å². The number of aromatic nitrogens is 5. The Morgan fingerprint density at radius 3 is 2.79 bits per heavy atom. The molecule has 1 aromatic carbocycles. The van der Waals surface area contributed by atoms with Crippen molar-refractivity contribution in [3.8, 4) is 23.1 Å². The Hall–Kier alpha value is -3.81. The number of likely N-dealkylation sites (tertiary alicyclic amines) is 2. The van der Waals surface area contributed by atoms with E-state index in [1.165, 1.54) is 12.5 Å². The molecule has 3 aromatic heterocycles. The Bertz CT molecular complexity index is 1430. The van der Waals surface area contributed by atoms with E-state index in [4.69, 9.17) is 4.74 Å². The Labute approximate surface area is 220 Å². The highest BCUT2D eigenvalue weighted by molar-refractivity contribution is 5.89. The van der Waals surface area contributed by atoms with Crippen LogP contribution in [0, 0.1) is 17.1 Å². The van der Waals surface area contributed by atoms with E-state index in [1.807, 2.05) is 29.2 Å². The number of halogens is 1. The fourth-order valence-corrected chi connectivity index (χ4v) is 5.39. The maximum atomic E-state index is 14.2. The molecule has 2 fully saturated rings. The third kappa shape index (κ3) is 5.39. The second-order valence-corrected chi connectivity index (χ2v) is 10.2. The molecule has 10 heteroatoms. The minimum Gasteiger partial charge on any atom is -0.490 e. The van der Waals surface area contributed by atoms with Crippen LogP contribution in [0.15, 0.2) is 49.2 Å². The number of nitriles is 1. The lowest BCUT2D eigenvalue weighted by Gasteiger charge is -2.34. The molecule has 5 heterocycles. The molecular weight excluding hydrogens is 483 g/mol. The van der Waals surface area contributed by atoms with E-state index in [1.54, 1.807) is 18.6 Å². The summed E-state index contributed by atoms with van der Waals surface area (Å²) in [6.07, 6.45) is 10.5. The van der Waals surface area contributed by atoms with Gasteiger partial charge in [-0.05, 0) is 56.1 Å². The normalized spacial score (nSPS) is 17.8. The van der Waals surface area contributed by atoms with Gasteiger partial charge in [-0.15, -0.1) is 0 Å².